The van der Waals surface area contributed by atoms with Crippen LogP contribution in [0.5, 0.6) is 0 Å². The Labute approximate surface area is 157 Å². The van der Waals surface area contributed by atoms with Crippen molar-refractivity contribution in [3.8, 4) is 0 Å². The molecule has 0 unspecified atom stereocenters. The zero-order valence-corrected chi connectivity index (χ0v) is 15.8. The lowest BCUT2D eigenvalue weighted by atomic mass is 10.2. The molecule has 0 atom stereocenters. The number of hydrogen-bond acceptors (Lipinski definition) is 6. The minimum atomic E-state index is -4.16. The summed E-state index contributed by atoms with van der Waals surface area (Å²) in [6.45, 7) is 2.75. The predicted octanol–water partition coefficient (Wildman–Crippen LogP) is 2.74. The Hall–Kier alpha value is -2.78. The van der Waals surface area contributed by atoms with E-state index in [0.717, 1.165) is 10.4 Å². The van der Waals surface area contributed by atoms with E-state index in [1.54, 1.807) is 44.2 Å². The Morgan fingerprint density at radius 3 is 2.41 bits per heavy atom. The van der Waals surface area contributed by atoms with Gasteiger partial charge in [-0.25, -0.2) is 8.42 Å². The van der Waals surface area contributed by atoms with E-state index in [4.69, 9.17) is 4.74 Å². The Kier molecular flexibility index (Phi) is 6.65. The number of ether oxygens (including phenoxy) is 1. The maximum absolute atomic E-state index is 13.0. The zero-order valence-electron chi connectivity index (χ0n) is 14.9. The van der Waals surface area contributed by atoms with Crippen LogP contribution in [0.25, 0.3) is 0 Å². The molecule has 0 aliphatic rings. The van der Waals surface area contributed by atoms with E-state index in [9.17, 15) is 23.3 Å². The van der Waals surface area contributed by atoms with E-state index in [1.165, 1.54) is 18.2 Å². The number of nitro benzene ring substituents is 1. The van der Waals surface area contributed by atoms with Crippen molar-refractivity contribution in [2.45, 2.75) is 31.4 Å². The second kappa shape index (κ2) is 8.74. The first-order valence-electron chi connectivity index (χ1n) is 8.18. The van der Waals surface area contributed by atoms with Gasteiger partial charge in [0.1, 0.15) is 6.54 Å². The molecule has 8 nitrogen and oxygen atoms in total. The van der Waals surface area contributed by atoms with Gasteiger partial charge in [0.25, 0.3) is 5.69 Å². The van der Waals surface area contributed by atoms with Gasteiger partial charge in [-0.3, -0.25) is 14.9 Å². The molecule has 0 amide bonds. The number of benzene rings is 2. The van der Waals surface area contributed by atoms with Crippen LogP contribution >= 0.6 is 0 Å². The molecule has 27 heavy (non-hydrogen) atoms. The molecule has 2 aromatic rings. The largest absolute Gasteiger partial charge is 0.462 e. The van der Waals surface area contributed by atoms with E-state index in [-0.39, 0.29) is 17.1 Å². The Morgan fingerprint density at radius 2 is 1.81 bits per heavy atom. The van der Waals surface area contributed by atoms with Crippen molar-refractivity contribution in [3.63, 3.8) is 0 Å². The number of sulfonamides is 1. The van der Waals surface area contributed by atoms with Crippen molar-refractivity contribution in [3.05, 3.63) is 70.3 Å². The van der Waals surface area contributed by atoms with E-state index >= 15 is 0 Å². The maximum atomic E-state index is 13.0. The molecule has 0 fully saturated rings. The quantitative estimate of drug-likeness (QED) is 0.388. The Morgan fingerprint density at radius 1 is 1.15 bits per heavy atom. The monoisotopic (exact) mass is 392 g/mol. The van der Waals surface area contributed by atoms with Crippen molar-refractivity contribution in [2.24, 2.45) is 0 Å². The van der Waals surface area contributed by atoms with Gasteiger partial charge in [0, 0.05) is 18.7 Å². The summed E-state index contributed by atoms with van der Waals surface area (Å²) in [5.41, 5.74) is 0.323. The summed E-state index contributed by atoms with van der Waals surface area (Å²) in [6.07, 6.45) is -0.392. The molecule has 0 heterocycles. The molecule has 0 aliphatic carbocycles. The average molecular weight is 392 g/mol. The topological polar surface area (TPSA) is 107 Å². The van der Waals surface area contributed by atoms with Crippen LogP contribution in [0.2, 0.25) is 0 Å². The minimum absolute atomic E-state index is 0.0704. The number of non-ortho nitro benzene ring substituents is 1. The number of carbonyl (C=O) groups is 1. The first-order chi connectivity index (χ1) is 12.7. The van der Waals surface area contributed by atoms with Crippen LogP contribution in [0.3, 0.4) is 0 Å². The normalized spacial score (nSPS) is 11.6. The minimum Gasteiger partial charge on any atom is -0.462 e. The molecule has 9 heteroatoms. The molecule has 0 saturated heterocycles. The first kappa shape index (κ1) is 20.5. The second-order valence-electron chi connectivity index (χ2n) is 6.05. The lowest BCUT2D eigenvalue weighted by molar-refractivity contribution is -0.385. The second-order valence-corrected chi connectivity index (χ2v) is 7.99. The number of carbonyl (C=O) groups excluding carboxylic acids is 1. The van der Waals surface area contributed by atoms with Gasteiger partial charge in [0.2, 0.25) is 10.0 Å². The summed E-state index contributed by atoms with van der Waals surface area (Å²) >= 11 is 0. The van der Waals surface area contributed by atoms with E-state index in [2.05, 4.69) is 0 Å². The highest BCUT2D eigenvalue weighted by Crippen LogP contribution is 2.22. The van der Waals surface area contributed by atoms with Crippen molar-refractivity contribution in [2.75, 3.05) is 6.54 Å². The fourth-order valence-corrected chi connectivity index (χ4v) is 3.78. The molecular weight excluding hydrogens is 372 g/mol. The smallest absolute Gasteiger partial charge is 0.321 e. The van der Waals surface area contributed by atoms with E-state index in [0.29, 0.717) is 5.56 Å². The van der Waals surface area contributed by atoms with Crippen molar-refractivity contribution < 1.29 is 22.9 Å². The molecule has 2 aromatic carbocycles. The van der Waals surface area contributed by atoms with Gasteiger partial charge in [-0.1, -0.05) is 36.4 Å². The van der Waals surface area contributed by atoms with Crippen LogP contribution in [0.4, 0.5) is 5.69 Å². The summed E-state index contributed by atoms with van der Waals surface area (Å²) < 4.78 is 32.1. The van der Waals surface area contributed by atoms with Gasteiger partial charge in [0.15, 0.2) is 0 Å². The highest BCUT2D eigenvalue weighted by Gasteiger charge is 2.29. The Bertz CT molecular complexity index is 912. The lowest BCUT2D eigenvalue weighted by Crippen LogP contribution is -2.36. The number of nitro groups is 1. The zero-order chi connectivity index (χ0) is 20.0. The summed E-state index contributed by atoms with van der Waals surface area (Å²) in [7, 11) is -4.16. The maximum Gasteiger partial charge on any atom is 0.321 e. The van der Waals surface area contributed by atoms with Crippen LogP contribution in [0.1, 0.15) is 19.4 Å². The molecule has 0 saturated carbocycles. The van der Waals surface area contributed by atoms with Gasteiger partial charge in [-0.05, 0) is 25.5 Å². The van der Waals surface area contributed by atoms with Crippen LogP contribution < -0.4 is 0 Å². The third-order valence-corrected chi connectivity index (χ3v) is 5.33. The molecule has 144 valence electrons. The fraction of sp³-hybridized carbons (Fsp3) is 0.278. The highest BCUT2D eigenvalue weighted by molar-refractivity contribution is 7.89. The summed E-state index contributed by atoms with van der Waals surface area (Å²) in [5, 5.41) is 11.0. The third-order valence-electron chi connectivity index (χ3n) is 3.54. The summed E-state index contributed by atoms with van der Waals surface area (Å²) in [6, 6.07) is 13.5. The SMILES string of the molecule is CC(C)OC(=O)CN(Cc1ccccc1)S(=O)(=O)c1cccc([N+](=O)[O-])c1. The van der Waals surface area contributed by atoms with Gasteiger partial charge in [-0.2, -0.15) is 4.31 Å². The molecule has 0 N–H and O–H groups in total. The van der Waals surface area contributed by atoms with Gasteiger partial charge >= 0.3 is 5.97 Å². The standard InChI is InChI=1S/C18H20N2O6S/c1-14(2)26-18(21)13-19(12-15-7-4-3-5-8-15)27(24,25)17-10-6-9-16(11-17)20(22)23/h3-11,14H,12-13H2,1-2H3. The van der Waals surface area contributed by atoms with Crippen molar-refractivity contribution in [1.29, 1.82) is 0 Å². The third kappa shape index (κ3) is 5.60. The molecule has 0 radical (unpaired) electrons. The van der Waals surface area contributed by atoms with Crippen LogP contribution in [-0.4, -0.2) is 36.3 Å². The van der Waals surface area contributed by atoms with Crippen LogP contribution in [0, 0.1) is 10.1 Å². The molecule has 0 bridgehead atoms. The first-order valence-corrected chi connectivity index (χ1v) is 9.62. The highest BCUT2D eigenvalue weighted by atomic mass is 32.2. The fourth-order valence-electron chi connectivity index (χ4n) is 2.36. The molecule has 0 spiro atoms. The lowest BCUT2D eigenvalue weighted by Gasteiger charge is -2.22. The number of esters is 1. The van der Waals surface area contributed by atoms with Crippen molar-refractivity contribution in [1.82, 2.24) is 4.31 Å². The number of nitrogens with zero attached hydrogens (tertiary/aromatic N) is 2. The van der Waals surface area contributed by atoms with E-state index < -0.39 is 33.6 Å². The van der Waals surface area contributed by atoms with E-state index in [1.807, 2.05) is 0 Å². The molecular formula is C18H20N2O6S. The number of hydrogen-bond donors (Lipinski definition) is 0. The molecule has 2 rings (SSSR count). The van der Waals surface area contributed by atoms with Crippen LogP contribution in [0.15, 0.2) is 59.5 Å². The average Bonchev–Trinajstić information content (AvgIpc) is 2.61. The summed E-state index contributed by atoms with van der Waals surface area (Å²) in [5.74, 6) is -0.699. The van der Waals surface area contributed by atoms with Gasteiger partial charge < -0.3 is 4.74 Å². The predicted molar refractivity (Wildman–Crippen MR) is 98.4 cm³/mol. The number of rotatable bonds is 8. The molecule has 0 aliphatic heterocycles. The Balaban J connectivity index is 2.39. The van der Waals surface area contributed by atoms with Crippen LogP contribution in [-0.2, 0) is 26.1 Å². The van der Waals surface area contributed by atoms with Crippen molar-refractivity contribution >= 4 is 21.7 Å². The summed E-state index contributed by atoms with van der Waals surface area (Å²) in [4.78, 5) is 22.1. The van der Waals surface area contributed by atoms with Gasteiger partial charge in [0.05, 0.1) is 15.9 Å². The molecule has 0 aromatic heterocycles. The van der Waals surface area contributed by atoms with Gasteiger partial charge in [-0.15, -0.1) is 0 Å².